The van der Waals surface area contributed by atoms with Crippen molar-refractivity contribution < 1.29 is 4.79 Å². The van der Waals surface area contributed by atoms with Gasteiger partial charge in [0.1, 0.15) is 5.41 Å². The summed E-state index contributed by atoms with van der Waals surface area (Å²) < 4.78 is 0. The van der Waals surface area contributed by atoms with E-state index in [2.05, 4.69) is 24.3 Å². The van der Waals surface area contributed by atoms with Crippen molar-refractivity contribution in [2.75, 3.05) is 5.75 Å². The van der Waals surface area contributed by atoms with Crippen molar-refractivity contribution >= 4 is 17.5 Å². The van der Waals surface area contributed by atoms with Crippen LogP contribution in [0.4, 0.5) is 0 Å². The number of carbonyl (C=O) groups excluding carboxylic acids is 1. The Morgan fingerprint density at radius 3 is 3.00 bits per heavy atom. The van der Waals surface area contributed by atoms with Crippen molar-refractivity contribution in [3.05, 3.63) is 29.8 Å². The Balaban J connectivity index is 1.87. The molecule has 2 nitrogen and oxygen atoms in total. The molecule has 1 aliphatic heterocycles. The van der Waals surface area contributed by atoms with Gasteiger partial charge in [-0.15, -0.1) is 11.8 Å². The molecule has 0 amide bonds. The van der Waals surface area contributed by atoms with Crippen molar-refractivity contribution in [2.24, 2.45) is 5.41 Å². The van der Waals surface area contributed by atoms with Crippen LogP contribution in [0.15, 0.2) is 29.2 Å². The van der Waals surface area contributed by atoms with E-state index in [-0.39, 0.29) is 5.78 Å². The van der Waals surface area contributed by atoms with Gasteiger partial charge in [0.15, 0.2) is 5.78 Å². The number of Topliss-reactive ketones (excluding diaryl/α,β-unsaturated/α-hetero) is 1. The van der Waals surface area contributed by atoms with Gasteiger partial charge in [-0.25, -0.2) is 0 Å². The third-order valence-electron chi connectivity index (χ3n) is 4.15. The molecule has 0 N–H and O–H groups in total. The average Bonchev–Trinajstić information content (AvgIpc) is 2.96. The summed E-state index contributed by atoms with van der Waals surface area (Å²) in [6.07, 6.45) is 2.95. The fraction of sp³-hybridized carbons (Fsp3) is 0.467. The molecule has 1 aromatic carbocycles. The summed E-state index contributed by atoms with van der Waals surface area (Å²) >= 11 is 1.85. The number of rotatable bonds is 2. The summed E-state index contributed by atoms with van der Waals surface area (Å²) in [6, 6.07) is 10.7. The Morgan fingerprint density at radius 1 is 1.44 bits per heavy atom. The summed E-state index contributed by atoms with van der Waals surface area (Å²) in [7, 11) is 0. The van der Waals surface area contributed by atoms with E-state index in [4.69, 9.17) is 0 Å². The van der Waals surface area contributed by atoms with Gasteiger partial charge in [-0.05, 0) is 36.8 Å². The third kappa shape index (κ3) is 1.76. The smallest absolute Gasteiger partial charge is 0.153 e. The zero-order chi connectivity index (χ0) is 12.6. The quantitative estimate of drug-likeness (QED) is 0.813. The molecule has 0 bridgehead atoms. The number of hydrogen-bond acceptors (Lipinski definition) is 3. The van der Waals surface area contributed by atoms with E-state index >= 15 is 0 Å². The molecule has 1 fully saturated rings. The molecule has 0 saturated heterocycles. The molecule has 1 aliphatic carbocycles. The highest BCUT2D eigenvalue weighted by molar-refractivity contribution is 7.99. The normalized spacial score (nSPS) is 30.2. The van der Waals surface area contributed by atoms with E-state index in [1.165, 1.54) is 10.5 Å². The van der Waals surface area contributed by atoms with Crippen LogP contribution in [0, 0.1) is 16.7 Å². The van der Waals surface area contributed by atoms with Gasteiger partial charge in [-0.2, -0.15) is 5.26 Å². The first-order valence-corrected chi connectivity index (χ1v) is 7.40. The van der Waals surface area contributed by atoms with Crippen LogP contribution in [0.3, 0.4) is 0 Å². The van der Waals surface area contributed by atoms with E-state index < -0.39 is 5.41 Å². The molecule has 18 heavy (non-hydrogen) atoms. The van der Waals surface area contributed by atoms with Crippen LogP contribution in [0.2, 0.25) is 0 Å². The molecule has 1 aromatic rings. The Kier molecular flexibility index (Phi) is 2.91. The molecule has 2 aliphatic rings. The largest absolute Gasteiger partial charge is 0.298 e. The molecule has 1 saturated carbocycles. The zero-order valence-corrected chi connectivity index (χ0v) is 11.0. The summed E-state index contributed by atoms with van der Waals surface area (Å²) in [5.74, 6) is 1.54. The highest BCUT2D eigenvalue weighted by atomic mass is 32.2. The molecule has 1 heterocycles. The van der Waals surface area contributed by atoms with Crippen molar-refractivity contribution in [1.29, 1.82) is 5.26 Å². The molecule has 3 heteroatoms. The highest BCUT2D eigenvalue weighted by Gasteiger charge is 2.45. The predicted octanol–water partition coefficient (Wildman–Crippen LogP) is 3.53. The van der Waals surface area contributed by atoms with Gasteiger partial charge in [0.25, 0.3) is 0 Å². The lowest BCUT2D eigenvalue weighted by atomic mass is 9.77. The fourth-order valence-corrected chi connectivity index (χ4v) is 4.38. The molecule has 2 unspecified atom stereocenters. The molecule has 0 spiro atoms. The van der Waals surface area contributed by atoms with Gasteiger partial charge in [0, 0.05) is 17.1 Å². The fourth-order valence-electron chi connectivity index (χ4n) is 3.13. The van der Waals surface area contributed by atoms with E-state index in [1.54, 1.807) is 0 Å². The topological polar surface area (TPSA) is 40.9 Å². The van der Waals surface area contributed by atoms with Crippen molar-refractivity contribution in [1.82, 2.24) is 0 Å². The Hall–Kier alpha value is -1.27. The maximum Gasteiger partial charge on any atom is 0.153 e. The molecule has 3 rings (SSSR count). The standard InChI is InChI=1S/C15H15NOS/c16-10-15(7-3-6-14(15)17)8-11-9-18-13-5-2-1-4-12(11)13/h1-2,4-5,11H,3,6-9H2. The lowest BCUT2D eigenvalue weighted by molar-refractivity contribution is -0.123. The van der Waals surface area contributed by atoms with Gasteiger partial charge < -0.3 is 0 Å². The van der Waals surface area contributed by atoms with Gasteiger partial charge in [0.05, 0.1) is 6.07 Å². The van der Waals surface area contributed by atoms with Crippen LogP contribution in [0.25, 0.3) is 0 Å². The molecule has 92 valence electrons. The molecular formula is C15H15NOS. The minimum absolute atomic E-state index is 0.166. The van der Waals surface area contributed by atoms with E-state index in [9.17, 15) is 10.1 Å². The maximum atomic E-state index is 12.0. The van der Waals surface area contributed by atoms with E-state index in [0.29, 0.717) is 18.8 Å². The minimum Gasteiger partial charge on any atom is -0.298 e. The number of thioether (sulfide) groups is 1. The molecule has 2 atom stereocenters. The first-order chi connectivity index (χ1) is 8.75. The van der Waals surface area contributed by atoms with Crippen molar-refractivity contribution in [2.45, 2.75) is 36.5 Å². The minimum atomic E-state index is -0.692. The molecular weight excluding hydrogens is 242 g/mol. The second kappa shape index (κ2) is 4.44. The predicted molar refractivity (Wildman–Crippen MR) is 71.4 cm³/mol. The molecule has 0 radical (unpaired) electrons. The first kappa shape index (κ1) is 11.8. The maximum absolute atomic E-state index is 12.0. The van der Waals surface area contributed by atoms with E-state index in [1.807, 2.05) is 17.8 Å². The summed E-state index contributed by atoms with van der Waals surface area (Å²) in [4.78, 5) is 13.3. The van der Waals surface area contributed by atoms with Gasteiger partial charge >= 0.3 is 0 Å². The lowest BCUT2D eigenvalue weighted by Gasteiger charge is -2.22. The zero-order valence-electron chi connectivity index (χ0n) is 10.2. The van der Waals surface area contributed by atoms with Crippen LogP contribution >= 0.6 is 11.8 Å². The van der Waals surface area contributed by atoms with Gasteiger partial charge in [-0.1, -0.05) is 18.2 Å². The van der Waals surface area contributed by atoms with Crippen LogP contribution in [0.5, 0.6) is 0 Å². The monoisotopic (exact) mass is 257 g/mol. The highest BCUT2D eigenvalue weighted by Crippen LogP contribution is 2.48. The Bertz CT molecular complexity index is 534. The SMILES string of the molecule is N#CC1(CC2CSc3ccccc32)CCCC1=O. The number of ketones is 1. The van der Waals surface area contributed by atoms with Gasteiger partial charge in [0.2, 0.25) is 0 Å². The second-order valence-corrected chi connectivity index (χ2v) is 6.28. The first-order valence-electron chi connectivity index (χ1n) is 6.41. The lowest BCUT2D eigenvalue weighted by Crippen LogP contribution is -2.26. The number of benzene rings is 1. The Morgan fingerprint density at radius 2 is 2.28 bits per heavy atom. The average molecular weight is 257 g/mol. The summed E-state index contributed by atoms with van der Waals surface area (Å²) in [5.41, 5.74) is 0.639. The number of carbonyl (C=O) groups is 1. The van der Waals surface area contributed by atoms with Crippen LogP contribution in [-0.2, 0) is 4.79 Å². The van der Waals surface area contributed by atoms with Crippen molar-refractivity contribution in [3.8, 4) is 6.07 Å². The Labute approximate surface area is 111 Å². The summed E-state index contributed by atoms with van der Waals surface area (Å²) in [5, 5.41) is 9.42. The second-order valence-electron chi connectivity index (χ2n) is 5.22. The van der Waals surface area contributed by atoms with Gasteiger partial charge in [-0.3, -0.25) is 4.79 Å². The number of nitriles is 1. The molecule has 0 aromatic heterocycles. The number of fused-ring (bicyclic) bond motifs is 1. The third-order valence-corrected chi connectivity index (χ3v) is 5.40. The summed E-state index contributed by atoms with van der Waals surface area (Å²) in [6.45, 7) is 0. The van der Waals surface area contributed by atoms with Crippen molar-refractivity contribution in [3.63, 3.8) is 0 Å². The number of hydrogen-bond donors (Lipinski definition) is 0. The van der Waals surface area contributed by atoms with Crippen LogP contribution in [0.1, 0.15) is 37.2 Å². The van der Waals surface area contributed by atoms with Crippen LogP contribution in [-0.4, -0.2) is 11.5 Å². The number of nitrogens with zero attached hydrogens (tertiary/aromatic N) is 1. The van der Waals surface area contributed by atoms with Crippen LogP contribution < -0.4 is 0 Å². The van der Waals surface area contributed by atoms with E-state index in [0.717, 1.165) is 18.6 Å².